The van der Waals surface area contributed by atoms with Crippen LogP contribution in [0, 0.1) is 0 Å². The molecule has 3 rings (SSSR count). The zero-order valence-electron chi connectivity index (χ0n) is 16.1. The summed E-state index contributed by atoms with van der Waals surface area (Å²) in [7, 11) is 1.60. The number of amides is 2. The van der Waals surface area contributed by atoms with Crippen LogP contribution in [0.4, 0.5) is 0 Å². The molecule has 0 radical (unpaired) electrons. The zero-order chi connectivity index (χ0) is 19.8. The number of carbonyl (C=O) groups is 2. The van der Waals surface area contributed by atoms with Gasteiger partial charge in [0.15, 0.2) is 0 Å². The van der Waals surface area contributed by atoms with E-state index in [9.17, 15) is 9.59 Å². The number of carbonyl (C=O) groups excluding carboxylic acids is 2. The first-order chi connectivity index (χ1) is 13.7. The number of ether oxygens (including phenoxy) is 1. The molecule has 2 heterocycles. The Bertz CT molecular complexity index is 776. The van der Waals surface area contributed by atoms with Crippen molar-refractivity contribution >= 4 is 11.8 Å². The molecule has 1 atom stereocenters. The van der Waals surface area contributed by atoms with Crippen LogP contribution in [-0.4, -0.2) is 50.1 Å². The normalized spacial score (nSPS) is 14.9. The molecule has 1 aromatic carbocycles. The van der Waals surface area contributed by atoms with Crippen molar-refractivity contribution in [1.82, 2.24) is 15.5 Å². The molecule has 7 nitrogen and oxygen atoms in total. The fourth-order valence-corrected chi connectivity index (χ4v) is 3.44. The summed E-state index contributed by atoms with van der Waals surface area (Å²) in [5.41, 5.74) is 2.64. The van der Waals surface area contributed by atoms with Crippen molar-refractivity contribution in [2.45, 2.75) is 25.4 Å². The van der Waals surface area contributed by atoms with Gasteiger partial charge in [-0.1, -0.05) is 24.3 Å². The molecule has 0 spiro atoms. The van der Waals surface area contributed by atoms with Gasteiger partial charge in [0.25, 0.3) is 0 Å². The minimum absolute atomic E-state index is 0.131. The molecule has 2 N–H and O–H groups in total. The Morgan fingerprint density at radius 3 is 2.68 bits per heavy atom. The van der Waals surface area contributed by atoms with Crippen LogP contribution >= 0.6 is 0 Å². The molecule has 7 heteroatoms. The van der Waals surface area contributed by atoms with Crippen molar-refractivity contribution in [1.29, 1.82) is 0 Å². The van der Waals surface area contributed by atoms with Crippen molar-refractivity contribution in [3.63, 3.8) is 0 Å². The Morgan fingerprint density at radius 2 is 1.93 bits per heavy atom. The molecule has 0 fully saturated rings. The first kappa shape index (κ1) is 20.1. The molecule has 0 unspecified atom stereocenters. The minimum atomic E-state index is -0.633. The van der Waals surface area contributed by atoms with Crippen molar-refractivity contribution in [2.75, 3.05) is 33.4 Å². The number of nitrogens with one attached hydrogen (secondary N) is 2. The van der Waals surface area contributed by atoms with Crippen LogP contribution in [0.1, 0.15) is 29.3 Å². The third kappa shape index (κ3) is 5.21. The van der Waals surface area contributed by atoms with Gasteiger partial charge in [-0.25, -0.2) is 0 Å². The molecule has 0 saturated heterocycles. The zero-order valence-corrected chi connectivity index (χ0v) is 16.1. The van der Waals surface area contributed by atoms with E-state index in [4.69, 9.17) is 9.15 Å². The first-order valence-electron chi connectivity index (χ1n) is 9.58. The van der Waals surface area contributed by atoms with E-state index in [0.717, 1.165) is 25.3 Å². The second-order valence-electron chi connectivity index (χ2n) is 6.83. The maximum atomic E-state index is 12.2. The number of rotatable bonds is 8. The minimum Gasteiger partial charge on any atom is -0.468 e. The molecule has 28 heavy (non-hydrogen) atoms. The van der Waals surface area contributed by atoms with Gasteiger partial charge in [-0.2, -0.15) is 0 Å². The molecule has 0 bridgehead atoms. The van der Waals surface area contributed by atoms with Crippen molar-refractivity contribution < 1.29 is 18.7 Å². The van der Waals surface area contributed by atoms with Gasteiger partial charge in [0.2, 0.25) is 0 Å². The molecular weight excluding hydrogens is 358 g/mol. The fraction of sp³-hybridized carbons (Fsp3) is 0.429. The number of benzene rings is 1. The van der Waals surface area contributed by atoms with Crippen LogP contribution in [0.15, 0.2) is 47.1 Å². The van der Waals surface area contributed by atoms with Crippen molar-refractivity contribution in [3.05, 3.63) is 59.5 Å². The van der Waals surface area contributed by atoms with Gasteiger partial charge in [0.05, 0.1) is 12.3 Å². The molecule has 0 saturated carbocycles. The highest BCUT2D eigenvalue weighted by Gasteiger charge is 2.27. The first-order valence-corrected chi connectivity index (χ1v) is 9.58. The Kier molecular flexibility index (Phi) is 7.22. The number of furan rings is 1. The lowest BCUT2D eigenvalue weighted by atomic mass is 9.98. The summed E-state index contributed by atoms with van der Waals surface area (Å²) in [5.74, 6) is -0.482. The highest BCUT2D eigenvalue weighted by Crippen LogP contribution is 2.27. The van der Waals surface area contributed by atoms with Gasteiger partial charge in [-0.15, -0.1) is 0 Å². The van der Waals surface area contributed by atoms with E-state index in [1.807, 2.05) is 18.2 Å². The third-order valence-electron chi connectivity index (χ3n) is 4.95. The summed E-state index contributed by atoms with van der Waals surface area (Å²) in [6.07, 6.45) is 3.24. The largest absolute Gasteiger partial charge is 0.468 e. The van der Waals surface area contributed by atoms with Crippen LogP contribution in [0.2, 0.25) is 0 Å². The maximum Gasteiger partial charge on any atom is 0.309 e. The third-order valence-corrected chi connectivity index (χ3v) is 4.95. The van der Waals surface area contributed by atoms with Crippen LogP contribution in [0.3, 0.4) is 0 Å². The van der Waals surface area contributed by atoms with Gasteiger partial charge < -0.3 is 19.8 Å². The van der Waals surface area contributed by atoms with Gasteiger partial charge >= 0.3 is 11.8 Å². The smallest absolute Gasteiger partial charge is 0.309 e. The summed E-state index contributed by atoms with van der Waals surface area (Å²) in [6, 6.07) is 12.0. The molecule has 0 aliphatic carbocycles. The number of nitrogens with zero attached hydrogens (tertiary/aromatic N) is 1. The number of methoxy groups -OCH3 is 1. The van der Waals surface area contributed by atoms with Crippen molar-refractivity contribution in [3.8, 4) is 0 Å². The van der Waals surface area contributed by atoms with Gasteiger partial charge in [-0.05, 0) is 36.1 Å². The average Bonchev–Trinajstić information content (AvgIpc) is 3.25. The molecule has 150 valence electrons. The lowest BCUT2D eigenvalue weighted by Crippen LogP contribution is -2.45. The molecule has 2 aromatic rings. The summed E-state index contributed by atoms with van der Waals surface area (Å²) in [4.78, 5) is 26.4. The Balaban J connectivity index is 1.59. The number of hydrogen-bond acceptors (Lipinski definition) is 5. The lowest BCUT2D eigenvalue weighted by Gasteiger charge is -2.34. The van der Waals surface area contributed by atoms with Gasteiger partial charge in [-0.3, -0.25) is 14.5 Å². The lowest BCUT2D eigenvalue weighted by molar-refractivity contribution is -0.139. The predicted molar refractivity (Wildman–Crippen MR) is 105 cm³/mol. The van der Waals surface area contributed by atoms with E-state index >= 15 is 0 Å². The van der Waals surface area contributed by atoms with E-state index in [-0.39, 0.29) is 6.04 Å². The Morgan fingerprint density at radius 1 is 1.14 bits per heavy atom. The predicted octanol–water partition coefficient (Wildman–Crippen LogP) is 1.65. The number of hydrogen-bond donors (Lipinski definition) is 2. The highest BCUT2D eigenvalue weighted by molar-refractivity contribution is 6.35. The van der Waals surface area contributed by atoms with E-state index in [1.165, 1.54) is 11.1 Å². The monoisotopic (exact) mass is 385 g/mol. The molecule has 1 aromatic heterocycles. The second-order valence-corrected chi connectivity index (χ2v) is 6.83. The SMILES string of the molecule is COCCCNC(=O)C(=O)NC[C@@H](c1ccco1)N1CCc2ccccc2C1. The van der Waals surface area contributed by atoms with E-state index < -0.39 is 11.8 Å². The standard InChI is InChI=1S/C21H27N3O4/c1-27-12-5-10-22-20(25)21(26)23-14-18(19-8-4-13-28-19)24-11-9-16-6-2-3-7-17(16)15-24/h2-4,6-8,13,18H,5,9-12,14-15H2,1H3,(H,22,25)(H,23,26)/t18-/m0/s1. The number of fused-ring (bicyclic) bond motifs is 1. The van der Waals surface area contributed by atoms with Crippen LogP contribution in [0.25, 0.3) is 0 Å². The quantitative estimate of drug-likeness (QED) is 0.533. The molecule has 1 aliphatic rings. The Labute approximate surface area is 165 Å². The maximum absolute atomic E-state index is 12.2. The topological polar surface area (TPSA) is 83.8 Å². The van der Waals surface area contributed by atoms with Gasteiger partial charge in [0.1, 0.15) is 5.76 Å². The second kappa shape index (κ2) is 10.1. The van der Waals surface area contributed by atoms with E-state index in [2.05, 4.69) is 33.7 Å². The average molecular weight is 385 g/mol. The van der Waals surface area contributed by atoms with Crippen LogP contribution < -0.4 is 10.6 Å². The van der Waals surface area contributed by atoms with Gasteiger partial charge in [0, 0.05) is 39.9 Å². The Hall–Kier alpha value is -2.64. The summed E-state index contributed by atoms with van der Waals surface area (Å²) in [5, 5.41) is 5.35. The fourth-order valence-electron chi connectivity index (χ4n) is 3.44. The highest BCUT2D eigenvalue weighted by atomic mass is 16.5. The van der Waals surface area contributed by atoms with E-state index in [0.29, 0.717) is 26.1 Å². The molecular formula is C21H27N3O4. The van der Waals surface area contributed by atoms with Crippen LogP contribution in [-0.2, 0) is 27.3 Å². The van der Waals surface area contributed by atoms with Crippen molar-refractivity contribution in [2.24, 2.45) is 0 Å². The van der Waals surface area contributed by atoms with E-state index in [1.54, 1.807) is 13.4 Å². The summed E-state index contributed by atoms with van der Waals surface area (Å²) < 4.78 is 10.5. The van der Waals surface area contributed by atoms with Crippen LogP contribution in [0.5, 0.6) is 0 Å². The summed E-state index contributed by atoms with van der Waals surface area (Å²) in [6.45, 7) is 2.89. The molecule has 2 amide bonds. The molecule has 1 aliphatic heterocycles. The summed E-state index contributed by atoms with van der Waals surface area (Å²) >= 11 is 0.